The SMILES string of the molecule is Nc1cc(N2CCNC2=O)ccn1. The molecule has 0 bridgehead atoms. The Labute approximate surface area is 75.6 Å². The van der Waals surface area contributed by atoms with E-state index in [4.69, 9.17) is 5.73 Å². The highest BCUT2D eigenvalue weighted by Gasteiger charge is 2.20. The van der Waals surface area contributed by atoms with Gasteiger partial charge in [0.2, 0.25) is 0 Å². The van der Waals surface area contributed by atoms with Crippen molar-refractivity contribution in [1.82, 2.24) is 10.3 Å². The quantitative estimate of drug-likeness (QED) is 0.645. The first kappa shape index (κ1) is 7.85. The van der Waals surface area contributed by atoms with Crippen molar-refractivity contribution in [3.63, 3.8) is 0 Å². The largest absolute Gasteiger partial charge is 0.384 e. The lowest BCUT2D eigenvalue weighted by Gasteiger charge is -2.13. The molecule has 2 heterocycles. The number of amides is 2. The number of nitrogen functional groups attached to an aromatic ring is 1. The van der Waals surface area contributed by atoms with Crippen LogP contribution < -0.4 is 16.0 Å². The molecule has 1 aliphatic heterocycles. The number of rotatable bonds is 1. The lowest BCUT2D eigenvalue weighted by Crippen LogP contribution is -2.27. The third-order valence-corrected chi connectivity index (χ3v) is 1.93. The van der Waals surface area contributed by atoms with Gasteiger partial charge in [0, 0.05) is 25.4 Å². The Kier molecular flexibility index (Phi) is 1.77. The summed E-state index contributed by atoms with van der Waals surface area (Å²) in [6.45, 7) is 1.36. The predicted octanol–water partition coefficient (Wildman–Crippen LogP) is 0.193. The van der Waals surface area contributed by atoms with E-state index in [0.29, 0.717) is 18.9 Å². The molecule has 13 heavy (non-hydrogen) atoms. The maximum absolute atomic E-state index is 11.2. The van der Waals surface area contributed by atoms with Gasteiger partial charge in [-0.25, -0.2) is 9.78 Å². The fourth-order valence-corrected chi connectivity index (χ4v) is 1.32. The molecule has 5 nitrogen and oxygen atoms in total. The van der Waals surface area contributed by atoms with Crippen molar-refractivity contribution in [2.24, 2.45) is 0 Å². The van der Waals surface area contributed by atoms with Crippen LogP contribution in [0.1, 0.15) is 0 Å². The van der Waals surface area contributed by atoms with Gasteiger partial charge in [-0.05, 0) is 6.07 Å². The summed E-state index contributed by atoms with van der Waals surface area (Å²) < 4.78 is 0. The Morgan fingerprint density at radius 3 is 3.08 bits per heavy atom. The van der Waals surface area contributed by atoms with Crippen LogP contribution >= 0.6 is 0 Å². The van der Waals surface area contributed by atoms with Gasteiger partial charge in [0.25, 0.3) is 0 Å². The summed E-state index contributed by atoms with van der Waals surface area (Å²) in [5.41, 5.74) is 6.30. The van der Waals surface area contributed by atoms with Crippen molar-refractivity contribution < 1.29 is 4.79 Å². The maximum Gasteiger partial charge on any atom is 0.321 e. The molecule has 0 radical (unpaired) electrons. The summed E-state index contributed by atoms with van der Waals surface area (Å²) >= 11 is 0. The molecular weight excluding hydrogens is 168 g/mol. The van der Waals surface area contributed by atoms with Crippen LogP contribution in [-0.2, 0) is 0 Å². The summed E-state index contributed by atoms with van der Waals surface area (Å²) in [5.74, 6) is 0.428. The van der Waals surface area contributed by atoms with Crippen LogP contribution in [0.4, 0.5) is 16.3 Å². The molecule has 1 saturated heterocycles. The summed E-state index contributed by atoms with van der Waals surface area (Å²) in [6, 6.07) is 3.37. The van der Waals surface area contributed by atoms with Gasteiger partial charge < -0.3 is 11.1 Å². The van der Waals surface area contributed by atoms with Gasteiger partial charge in [0.1, 0.15) is 5.82 Å². The molecule has 0 saturated carbocycles. The summed E-state index contributed by atoms with van der Waals surface area (Å²) in [6.07, 6.45) is 1.59. The fraction of sp³-hybridized carbons (Fsp3) is 0.250. The zero-order valence-corrected chi connectivity index (χ0v) is 7.03. The molecule has 2 amide bonds. The fourth-order valence-electron chi connectivity index (χ4n) is 1.32. The van der Waals surface area contributed by atoms with E-state index in [9.17, 15) is 4.79 Å². The van der Waals surface area contributed by atoms with Gasteiger partial charge >= 0.3 is 6.03 Å². The van der Waals surface area contributed by atoms with Gasteiger partial charge in [0.05, 0.1) is 5.69 Å². The van der Waals surface area contributed by atoms with Crippen molar-refractivity contribution in [2.45, 2.75) is 0 Å². The molecular formula is C8H10N4O. The molecule has 2 rings (SSSR count). The summed E-state index contributed by atoms with van der Waals surface area (Å²) in [4.78, 5) is 16.7. The number of nitrogens with two attached hydrogens (primary N) is 1. The second kappa shape index (κ2) is 2.93. The number of aromatic nitrogens is 1. The van der Waals surface area contributed by atoms with Crippen molar-refractivity contribution in [3.8, 4) is 0 Å². The predicted molar refractivity (Wildman–Crippen MR) is 49.4 cm³/mol. The first-order chi connectivity index (χ1) is 6.27. The number of pyridine rings is 1. The van der Waals surface area contributed by atoms with Crippen LogP contribution in [-0.4, -0.2) is 24.1 Å². The van der Waals surface area contributed by atoms with Gasteiger partial charge in [-0.2, -0.15) is 0 Å². The highest BCUT2D eigenvalue weighted by atomic mass is 16.2. The van der Waals surface area contributed by atoms with Crippen molar-refractivity contribution >= 4 is 17.5 Å². The van der Waals surface area contributed by atoms with E-state index in [1.165, 1.54) is 0 Å². The molecule has 0 aliphatic carbocycles. The van der Waals surface area contributed by atoms with Crippen LogP contribution in [0.25, 0.3) is 0 Å². The topological polar surface area (TPSA) is 71.2 Å². The summed E-state index contributed by atoms with van der Waals surface area (Å²) in [5, 5.41) is 2.71. The minimum absolute atomic E-state index is 0.0781. The van der Waals surface area contributed by atoms with Gasteiger partial charge in [-0.1, -0.05) is 0 Å². The number of nitrogens with one attached hydrogen (secondary N) is 1. The number of carbonyl (C=O) groups excluding carboxylic acids is 1. The lowest BCUT2D eigenvalue weighted by atomic mass is 10.3. The highest BCUT2D eigenvalue weighted by Crippen LogP contribution is 2.16. The highest BCUT2D eigenvalue weighted by molar-refractivity contribution is 5.94. The number of carbonyl (C=O) groups is 1. The smallest absolute Gasteiger partial charge is 0.321 e. The molecule has 1 fully saturated rings. The zero-order chi connectivity index (χ0) is 9.26. The van der Waals surface area contributed by atoms with Crippen LogP contribution in [0.3, 0.4) is 0 Å². The maximum atomic E-state index is 11.2. The number of hydrogen-bond acceptors (Lipinski definition) is 3. The van der Waals surface area contributed by atoms with Crippen molar-refractivity contribution in [1.29, 1.82) is 0 Å². The molecule has 0 unspecified atom stereocenters. The normalized spacial score (nSPS) is 16.0. The molecule has 0 spiro atoms. The molecule has 1 aromatic heterocycles. The average molecular weight is 178 g/mol. The Bertz CT molecular complexity index is 339. The number of urea groups is 1. The van der Waals surface area contributed by atoms with E-state index in [1.807, 2.05) is 0 Å². The standard InChI is InChI=1S/C8H10N4O/c9-7-5-6(1-2-10-7)12-4-3-11-8(12)13/h1-2,5H,3-4H2,(H2,9,10)(H,11,13). The molecule has 1 aliphatic rings. The van der Waals surface area contributed by atoms with E-state index < -0.39 is 0 Å². The molecule has 3 N–H and O–H groups in total. The zero-order valence-electron chi connectivity index (χ0n) is 7.03. The minimum atomic E-state index is -0.0781. The molecule has 5 heteroatoms. The van der Waals surface area contributed by atoms with E-state index in [0.717, 1.165) is 5.69 Å². The molecule has 1 aromatic rings. The number of hydrogen-bond donors (Lipinski definition) is 2. The van der Waals surface area contributed by atoms with Crippen molar-refractivity contribution in [3.05, 3.63) is 18.3 Å². The third-order valence-electron chi connectivity index (χ3n) is 1.93. The van der Waals surface area contributed by atoms with Gasteiger partial charge in [-0.3, -0.25) is 4.90 Å². The second-order valence-electron chi connectivity index (χ2n) is 2.82. The summed E-state index contributed by atoms with van der Waals surface area (Å²) in [7, 11) is 0. The van der Waals surface area contributed by atoms with Crippen LogP contribution in [0.15, 0.2) is 18.3 Å². The van der Waals surface area contributed by atoms with Gasteiger partial charge in [0.15, 0.2) is 0 Å². The Morgan fingerprint density at radius 2 is 2.46 bits per heavy atom. The number of anilines is 2. The van der Waals surface area contributed by atoms with E-state index in [-0.39, 0.29) is 6.03 Å². The van der Waals surface area contributed by atoms with Crippen LogP contribution in [0.5, 0.6) is 0 Å². The second-order valence-corrected chi connectivity index (χ2v) is 2.82. The first-order valence-electron chi connectivity index (χ1n) is 4.04. The first-order valence-corrected chi connectivity index (χ1v) is 4.04. The van der Waals surface area contributed by atoms with Crippen LogP contribution in [0, 0.1) is 0 Å². The molecule has 0 atom stereocenters. The minimum Gasteiger partial charge on any atom is -0.384 e. The molecule has 68 valence electrons. The van der Waals surface area contributed by atoms with E-state index in [2.05, 4.69) is 10.3 Å². The van der Waals surface area contributed by atoms with Crippen LogP contribution in [0.2, 0.25) is 0 Å². The molecule has 0 aromatic carbocycles. The van der Waals surface area contributed by atoms with E-state index in [1.54, 1.807) is 23.2 Å². The Hall–Kier alpha value is -1.78. The Morgan fingerprint density at radius 1 is 1.62 bits per heavy atom. The van der Waals surface area contributed by atoms with E-state index >= 15 is 0 Å². The average Bonchev–Trinajstić information content (AvgIpc) is 2.51. The Balaban J connectivity index is 2.29. The lowest BCUT2D eigenvalue weighted by molar-refractivity contribution is 0.252. The monoisotopic (exact) mass is 178 g/mol. The van der Waals surface area contributed by atoms with Crippen molar-refractivity contribution in [2.75, 3.05) is 23.7 Å². The van der Waals surface area contributed by atoms with Gasteiger partial charge in [-0.15, -0.1) is 0 Å². The third kappa shape index (κ3) is 1.40. The number of nitrogens with zero attached hydrogens (tertiary/aromatic N) is 2.